The summed E-state index contributed by atoms with van der Waals surface area (Å²) in [6.07, 6.45) is 17.3. The van der Waals surface area contributed by atoms with Gasteiger partial charge in [0.15, 0.2) is 0 Å². The molecule has 1 saturated heterocycles. The van der Waals surface area contributed by atoms with Crippen molar-refractivity contribution in [2.75, 3.05) is 91.3 Å². The van der Waals surface area contributed by atoms with Gasteiger partial charge in [-0.3, -0.25) is 28.8 Å². The molecule has 4 amide bonds. The van der Waals surface area contributed by atoms with Crippen molar-refractivity contribution < 1.29 is 55.3 Å². The smallest absolute Gasteiger partial charge is 0.332 e. The number of anilines is 1. The summed E-state index contributed by atoms with van der Waals surface area (Å²) in [6.45, 7) is 3.98. The van der Waals surface area contributed by atoms with Gasteiger partial charge in [0.2, 0.25) is 23.6 Å². The molecule has 0 aromatic heterocycles. The van der Waals surface area contributed by atoms with Crippen molar-refractivity contribution >= 4 is 51.1 Å². The Morgan fingerprint density at radius 3 is 1.66 bits per heavy atom. The van der Waals surface area contributed by atoms with Crippen molar-refractivity contribution in [3.8, 4) is 0 Å². The first-order valence-corrected chi connectivity index (χ1v) is 35.9. The third-order valence-corrected chi connectivity index (χ3v) is 19.4. The maximum Gasteiger partial charge on any atom is 0.332 e. The van der Waals surface area contributed by atoms with Gasteiger partial charge in [-0.25, -0.2) is 0 Å². The molecule has 518 valence electrons. The second kappa shape index (κ2) is 39.3. The molecular weight excluding hydrogens is 1230 g/mol. The van der Waals surface area contributed by atoms with Crippen LogP contribution in [0.4, 0.5) is 9.57 Å². The number of halogens is 1. The number of likely N-dealkylation sites (N-methyl/N-ethyl adjacent to an activating group) is 1. The van der Waals surface area contributed by atoms with E-state index in [9.17, 15) is 41.1 Å². The number of nitrogens with zero attached hydrogens (tertiary/aromatic N) is 5. The van der Waals surface area contributed by atoms with Gasteiger partial charge in [-0.1, -0.05) is 117 Å². The molecule has 3 aliphatic carbocycles. The van der Waals surface area contributed by atoms with Crippen LogP contribution in [0.25, 0.3) is 10.4 Å². The number of unbranched alkanes of at least 4 members (excludes halogenated alkanes) is 12. The van der Waals surface area contributed by atoms with Crippen LogP contribution >= 0.6 is 0 Å². The molecule has 1 fully saturated rings. The molecule has 2 atom stereocenters. The fourth-order valence-electron chi connectivity index (χ4n) is 13.5. The number of hydrogen-bond donors (Lipinski definition) is 5. The molecule has 23 heteroatoms. The lowest BCUT2D eigenvalue weighted by molar-refractivity contribution is -0.143. The number of carbonyl (C=O) groups excluding carboxylic acids is 6. The number of carbonyl (C=O) groups is 6. The van der Waals surface area contributed by atoms with Crippen molar-refractivity contribution in [1.82, 2.24) is 15.1 Å². The Morgan fingerprint density at radius 2 is 1.12 bits per heavy atom. The Bertz CT molecular complexity index is 3150. The van der Waals surface area contributed by atoms with Gasteiger partial charge < -0.3 is 51.8 Å². The van der Waals surface area contributed by atoms with Gasteiger partial charge in [0.1, 0.15) is 17.6 Å². The minimum atomic E-state index is -4.86. The summed E-state index contributed by atoms with van der Waals surface area (Å²) in [5.41, 5.74) is 34.8. The van der Waals surface area contributed by atoms with Crippen LogP contribution in [0.1, 0.15) is 197 Å². The molecule has 8 N–H and O–H groups in total. The molecular formula is C72H101FN10O11S. The SMILES string of the molecule is CN(CCOCCOCCOCCNC(=O)CCC12c3cc(CC(=O)CCCCCCCN)ccc3C(c3ccc(CC(=O)CCCCCCCN)cc31)c1ccc(NC(=O)CCCCCCCN)cc12)C(=O)[C@@H]1C[C@H](N=[N+]=[N-])CN1C(=O)CCc1ccc(S(=O)(=O)F)cc1. The van der Waals surface area contributed by atoms with Gasteiger partial charge in [0.05, 0.1) is 50.6 Å². The lowest BCUT2D eigenvalue weighted by Gasteiger charge is -2.51. The zero-order chi connectivity index (χ0) is 68.0. The second-order valence-corrected chi connectivity index (χ2v) is 26.9. The largest absolute Gasteiger partial charge is 0.377 e. The van der Waals surface area contributed by atoms with Crippen molar-refractivity contribution in [3.05, 3.63) is 139 Å². The van der Waals surface area contributed by atoms with Gasteiger partial charge in [0, 0.05) is 93.6 Å². The Labute approximate surface area is 560 Å². The lowest BCUT2D eigenvalue weighted by Crippen LogP contribution is -2.47. The summed E-state index contributed by atoms with van der Waals surface area (Å²) in [7, 11) is -3.26. The number of azide groups is 1. The van der Waals surface area contributed by atoms with Crippen LogP contribution < -0.4 is 27.8 Å². The predicted octanol–water partition coefficient (Wildman–Crippen LogP) is 9.86. The van der Waals surface area contributed by atoms with E-state index in [2.05, 4.69) is 69.2 Å². The third kappa shape index (κ3) is 22.6. The van der Waals surface area contributed by atoms with Crippen molar-refractivity contribution in [2.24, 2.45) is 22.3 Å². The van der Waals surface area contributed by atoms with Crippen molar-refractivity contribution in [1.29, 1.82) is 0 Å². The van der Waals surface area contributed by atoms with Crippen LogP contribution in [0.3, 0.4) is 0 Å². The molecule has 2 bridgehead atoms. The lowest BCUT2D eigenvalue weighted by atomic mass is 9.51. The summed E-state index contributed by atoms with van der Waals surface area (Å²) >= 11 is 0. The van der Waals surface area contributed by atoms with E-state index < -0.39 is 32.6 Å². The Morgan fingerprint density at radius 1 is 0.621 bits per heavy atom. The predicted molar refractivity (Wildman–Crippen MR) is 365 cm³/mol. The number of ether oxygens (including phenoxy) is 3. The highest BCUT2D eigenvalue weighted by atomic mass is 32.3. The van der Waals surface area contributed by atoms with Gasteiger partial charge in [-0.05, 0) is 157 Å². The average Bonchev–Trinajstić information content (AvgIpc) is 0.825. The number of Topliss-reactive ketones (excluding diaryl/α,β-unsaturated/α-hetero) is 2. The van der Waals surface area contributed by atoms with Crippen LogP contribution in [0.5, 0.6) is 0 Å². The standard InChI is InChI=1S/C72H101FN10O11S/c1-82(71(89)66-50-56(80-81-77)51-83(66)69(88)31-24-52-20-26-59(27-21-52)95(73,90)91)38-40-93-42-44-94-43-41-92-39-37-78-67(86)32-33-72-63-47-53(45-57(84)17-11-5-2-8-14-34-74)22-28-60(63)70(61-29-23-54(48-64(61)72)46-58(85)18-12-6-3-9-15-35-75)62-30-25-55(49-65(62)72)79-68(87)19-13-7-4-10-16-36-76/h20-23,25-30,47-49,56,66,70H,2-19,24,31-46,50-51,74-76H2,1H3,(H,78,86)(H,79,87)/t56-,66-,70?,72?/m0/s1. The summed E-state index contributed by atoms with van der Waals surface area (Å²) in [4.78, 5) is 87.5. The first-order chi connectivity index (χ1) is 46.0. The summed E-state index contributed by atoms with van der Waals surface area (Å²) in [6, 6.07) is 22.7. The van der Waals surface area contributed by atoms with Crippen LogP contribution in [0.15, 0.2) is 88.9 Å². The molecule has 1 aliphatic heterocycles. The molecule has 0 saturated carbocycles. The van der Waals surface area contributed by atoms with E-state index in [0.29, 0.717) is 56.6 Å². The summed E-state index contributed by atoms with van der Waals surface area (Å²) in [5, 5.41) is 10.1. The molecule has 8 rings (SSSR count). The van der Waals surface area contributed by atoms with Crippen LogP contribution in [-0.4, -0.2) is 151 Å². The number of nitrogens with two attached hydrogens (primary N) is 3. The fraction of sp³-hybridized carbons (Fsp3) is 0.583. The van der Waals surface area contributed by atoms with Gasteiger partial charge in [-0.2, -0.15) is 8.42 Å². The molecule has 4 aliphatic rings. The number of amides is 4. The molecule has 21 nitrogen and oxygen atoms in total. The number of benzene rings is 4. The second-order valence-electron chi connectivity index (χ2n) is 25.6. The van der Waals surface area contributed by atoms with E-state index in [1.54, 1.807) is 7.05 Å². The number of ketones is 2. The fourth-order valence-corrected chi connectivity index (χ4v) is 14.0. The van der Waals surface area contributed by atoms with Gasteiger partial charge in [0.25, 0.3) is 0 Å². The summed E-state index contributed by atoms with van der Waals surface area (Å²) in [5.74, 6) is -0.721. The number of hydrogen-bond acceptors (Lipinski definition) is 15. The molecule has 1 heterocycles. The Hall–Kier alpha value is -6.95. The normalized spacial score (nSPS) is 16.8. The topological polar surface area (TPSA) is 322 Å². The third-order valence-electron chi connectivity index (χ3n) is 18.5. The van der Waals surface area contributed by atoms with Gasteiger partial charge >= 0.3 is 10.2 Å². The minimum absolute atomic E-state index is 0.00771. The average molecular weight is 1330 g/mol. The summed E-state index contributed by atoms with van der Waals surface area (Å²) < 4.78 is 53.1. The highest BCUT2D eigenvalue weighted by molar-refractivity contribution is 7.86. The highest BCUT2D eigenvalue weighted by Gasteiger charge is 2.52. The first kappa shape index (κ1) is 75.4. The molecule has 4 aromatic rings. The number of nitrogens with one attached hydrogen (secondary N) is 2. The molecule has 4 aromatic carbocycles. The van der Waals surface area contributed by atoms with Crippen LogP contribution in [0, 0.1) is 0 Å². The molecule has 0 radical (unpaired) electrons. The van der Waals surface area contributed by atoms with E-state index in [1.807, 2.05) is 6.07 Å². The van der Waals surface area contributed by atoms with Crippen molar-refractivity contribution in [2.45, 2.75) is 189 Å². The van der Waals surface area contributed by atoms with E-state index in [4.69, 9.17) is 36.9 Å². The monoisotopic (exact) mass is 1330 g/mol. The highest BCUT2D eigenvalue weighted by Crippen LogP contribution is 2.61. The van der Waals surface area contributed by atoms with Crippen LogP contribution in [0.2, 0.25) is 0 Å². The van der Waals surface area contributed by atoms with Crippen molar-refractivity contribution in [3.63, 3.8) is 0 Å². The van der Waals surface area contributed by atoms with E-state index in [-0.39, 0.29) is 139 Å². The van der Waals surface area contributed by atoms with E-state index >= 15 is 0 Å². The number of aryl methyl sites for hydroxylation is 1. The maximum atomic E-state index is 14.2. The zero-order valence-corrected chi connectivity index (χ0v) is 56.5. The first-order valence-electron chi connectivity index (χ1n) is 34.5. The zero-order valence-electron chi connectivity index (χ0n) is 55.6. The minimum Gasteiger partial charge on any atom is -0.377 e. The van der Waals surface area contributed by atoms with E-state index in [0.717, 1.165) is 153 Å². The number of likely N-dealkylation sites (tertiary alicyclic amines) is 1. The number of rotatable bonds is 47. The Balaban J connectivity index is 0.949. The van der Waals surface area contributed by atoms with E-state index in [1.165, 1.54) is 21.9 Å². The maximum absolute atomic E-state index is 14.2. The van der Waals surface area contributed by atoms with Gasteiger partial charge in [-0.15, -0.1) is 3.89 Å². The molecule has 0 spiro atoms. The molecule has 0 unspecified atom stereocenters. The quantitative estimate of drug-likeness (QED) is 0.00904. The molecule has 95 heavy (non-hydrogen) atoms. The van der Waals surface area contributed by atoms with Crippen LogP contribution in [-0.2, 0) is 77.9 Å². The Kier molecular flexibility index (Phi) is 31.2.